The van der Waals surface area contributed by atoms with Crippen LogP contribution >= 0.6 is 22.9 Å². The van der Waals surface area contributed by atoms with E-state index in [-0.39, 0.29) is 36.1 Å². The molecule has 1 atom stereocenters. The number of halogens is 1. The number of aryl methyl sites for hydroxylation is 1. The third kappa shape index (κ3) is 5.47. The molecule has 2 amide bonds. The highest BCUT2D eigenvalue weighted by Gasteiger charge is 2.34. The van der Waals surface area contributed by atoms with Gasteiger partial charge >= 0.3 is 0 Å². The number of benzene rings is 1. The van der Waals surface area contributed by atoms with Gasteiger partial charge in [-0.25, -0.2) is 0 Å². The molecule has 0 saturated carbocycles. The maximum Gasteiger partial charge on any atom is 0.290 e. The number of amides is 2. The minimum atomic E-state index is -0.273. The van der Waals surface area contributed by atoms with Crippen LogP contribution in [0.3, 0.4) is 0 Å². The summed E-state index contributed by atoms with van der Waals surface area (Å²) in [5.41, 5.74) is 2.05. The SMILES string of the molecule is Cc1cc(OC[C@@H]2c3ccsc3CCN2C(=O)CN(CC(C)C)C(=O)c2ccco2)ccc1Cl. The fourth-order valence-electron chi connectivity index (χ4n) is 4.23. The van der Waals surface area contributed by atoms with Crippen LogP contribution in [0.2, 0.25) is 5.02 Å². The summed E-state index contributed by atoms with van der Waals surface area (Å²) < 4.78 is 11.4. The molecular formula is C26H29ClN2O4S. The molecule has 0 N–H and O–H groups in total. The summed E-state index contributed by atoms with van der Waals surface area (Å²) in [7, 11) is 0. The molecule has 180 valence electrons. The van der Waals surface area contributed by atoms with Gasteiger partial charge in [0.1, 0.15) is 18.9 Å². The van der Waals surface area contributed by atoms with Crippen molar-refractivity contribution >= 4 is 34.8 Å². The molecule has 0 bridgehead atoms. The van der Waals surface area contributed by atoms with Gasteiger partial charge < -0.3 is 19.0 Å². The fraction of sp³-hybridized carbons (Fsp3) is 0.385. The van der Waals surface area contributed by atoms with E-state index >= 15 is 0 Å². The van der Waals surface area contributed by atoms with Gasteiger partial charge in [-0.15, -0.1) is 11.3 Å². The third-order valence-corrected chi connectivity index (χ3v) is 7.30. The van der Waals surface area contributed by atoms with Crippen LogP contribution in [0.4, 0.5) is 0 Å². The monoisotopic (exact) mass is 500 g/mol. The molecule has 1 aliphatic heterocycles. The summed E-state index contributed by atoms with van der Waals surface area (Å²) in [4.78, 5) is 31.2. The predicted molar refractivity (Wildman–Crippen MR) is 134 cm³/mol. The van der Waals surface area contributed by atoms with Gasteiger partial charge in [0.2, 0.25) is 5.91 Å². The first kappa shape index (κ1) is 24.4. The molecule has 1 aliphatic rings. The molecule has 8 heteroatoms. The molecular weight excluding hydrogens is 472 g/mol. The van der Waals surface area contributed by atoms with Gasteiger partial charge in [-0.1, -0.05) is 25.4 Å². The Balaban J connectivity index is 1.53. The van der Waals surface area contributed by atoms with Crippen molar-refractivity contribution in [1.29, 1.82) is 0 Å². The van der Waals surface area contributed by atoms with Crippen LogP contribution in [0.1, 0.15) is 46.4 Å². The highest BCUT2D eigenvalue weighted by Crippen LogP contribution is 2.34. The lowest BCUT2D eigenvalue weighted by Crippen LogP contribution is -2.48. The number of carbonyl (C=O) groups is 2. The van der Waals surface area contributed by atoms with Gasteiger partial charge in [-0.3, -0.25) is 9.59 Å². The Morgan fingerprint density at radius 2 is 2.12 bits per heavy atom. The minimum absolute atomic E-state index is 0.00621. The molecule has 0 saturated heterocycles. The molecule has 3 heterocycles. The van der Waals surface area contributed by atoms with Crippen LogP contribution in [-0.4, -0.2) is 47.9 Å². The molecule has 0 unspecified atom stereocenters. The normalized spacial score (nSPS) is 15.3. The van der Waals surface area contributed by atoms with Gasteiger partial charge in [0.15, 0.2) is 5.76 Å². The zero-order valence-corrected chi connectivity index (χ0v) is 21.2. The van der Waals surface area contributed by atoms with Crippen LogP contribution in [0.15, 0.2) is 52.5 Å². The second kappa shape index (κ2) is 10.7. The van der Waals surface area contributed by atoms with Crippen LogP contribution in [-0.2, 0) is 11.2 Å². The van der Waals surface area contributed by atoms with Crippen LogP contribution in [0.5, 0.6) is 5.75 Å². The molecule has 1 aromatic carbocycles. The van der Waals surface area contributed by atoms with E-state index in [2.05, 4.69) is 11.4 Å². The summed E-state index contributed by atoms with van der Waals surface area (Å²) in [6.45, 7) is 7.35. The Kier molecular flexibility index (Phi) is 7.63. The second-order valence-electron chi connectivity index (χ2n) is 8.93. The van der Waals surface area contributed by atoms with E-state index in [1.165, 1.54) is 11.1 Å². The summed E-state index contributed by atoms with van der Waals surface area (Å²) in [6.07, 6.45) is 2.27. The van der Waals surface area contributed by atoms with Crippen molar-refractivity contribution < 1.29 is 18.7 Å². The van der Waals surface area contributed by atoms with Crippen molar-refractivity contribution in [2.75, 3.05) is 26.2 Å². The quantitative estimate of drug-likeness (QED) is 0.403. The molecule has 3 aromatic rings. The van der Waals surface area contributed by atoms with Crippen molar-refractivity contribution in [2.24, 2.45) is 5.92 Å². The summed E-state index contributed by atoms with van der Waals surface area (Å²) in [5, 5.41) is 2.75. The Hall–Kier alpha value is -2.77. The zero-order valence-electron chi connectivity index (χ0n) is 19.6. The van der Waals surface area contributed by atoms with Crippen LogP contribution < -0.4 is 4.74 Å². The van der Waals surface area contributed by atoms with E-state index in [4.69, 9.17) is 20.8 Å². The average molecular weight is 501 g/mol. The number of thiophene rings is 1. The number of furan rings is 1. The number of rotatable bonds is 8. The van der Waals surface area contributed by atoms with E-state index in [1.54, 1.807) is 28.4 Å². The van der Waals surface area contributed by atoms with E-state index in [0.29, 0.717) is 30.5 Å². The van der Waals surface area contributed by atoms with Crippen LogP contribution in [0, 0.1) is 12.8 Å². The summed E-state index contributed by atoms with van der Waals surface area (Å²) >= 11 is 7.85. The van der Waals surface area contributed by atoms with E-state index in [0.717, 1.165) is 17.5 Å². The first-order valence-corrected chi connectivity index (χ1v) is 12.7. The minimum Gasteiger partial charge on any atom is -0.491 e. The van der Waals surface area contributed by atoms with Gasteiger partial charge in [0.25, 0.3) is 5.91 Å². The predicted octanol–water partition coefficient (Wildman–Crippen LogP) is 5.61. The first-order valence-electron chi connectivity index (χ1n) is 11.4. The first-order chi connectivity index (χ1) is 16.3. The smallest absolute Gasteiger partial charge is 0.290 e. The van der Waals surface area contributed by atoms with Gasteiger partial charge in [-0.05, 0) is 72.2 Å². The Bertz CT molecular complexity index is 1140. The summed E-state index contributed by atoms with van der Waals surface area (Å²) in [6, 6.07) is 10.7. The molecule has 34 heavy (non-hydrogen) atoms. The second-order valence-corrected chi connectivity index (χ2v) is 10.3. The van der Waals surface area contributed by atoms with Gasteiger partial charge in [0, 0.05) is 23.0 Å². The zero-order chi connectivity index (χ0) is 24.2. The fourth-order valence-corrected chi connectivity index (χ4v) is 5.27. The van der Waals surface area contributed by atoms with E-state index < -0.39 is 0 Å². The molecule has 6 nitrogen and oxygen atoms in total. The summed E-state index contributed by atoms with van der Waals surface area (Å²) in [5.74, 6) is 0.795. The van der Waals surface area contributed by atoms with Crippen molar-refractivity contribution in [3.63, 3.8) is 0 Å². The highest BCUT2D eigenvalue weighted by molar-refractivity contribution is 7.10. The molecule has 4 rings (SSSR count). The number of hydrogen-bond acceptors (Lipinski definition) is 5. The van der Waals surface area contributed by atoms with Crippen molar-refractivity contribution in [2.45, 2.75) is 33.2 Å². The lowest BCUT2D eigenvalue weighted by Gasteiger charge is -2.37. The van der Waals surface area contributed by atoms with Crippen molar-refractivity contribution in [3.8, 4) is 5.75 Å². The number of carbonyl (C=O) groups excluding carboxylic acids is 2. The molecule has 0 spiro atoms. The Morgan fingerprint density at radius 3 is 2.82 bits per heavy atom. The van der Waals surface area contributed by atoms with Crippen molar-refractivity contribution in [1.82, 2.24) is 9.80 Å². The highest BCUT2D eigenvalue weighted by atomic mass is 35.5. The number of fused-ring (bicyclic) bond motifs is 1. The van der Waals surface area contributed by atoms with Gasteiger partial charge in [-0.2, -0.15) is 0 Å². The molecule has 2 aromatic heterocycles. The molecule has 0 aliphatic carbocycles. The van der Waals surface area contributed by atoms with Crippen LogP contribution in [0.25, 0.3) is 0 Å². The lowest BCUT2D eigenvalue weighted by atomic mass is 10.00. The largest absolute Gasteiger partial charge is 0.491 e. The number of nitrogens with zero attached hydrogens (tertiary/aromatic N) is 2. The number of hydrogen-bond donors (Lipinski definition) is 0. The topological polar surface area (TPSA) is 63.0 Å². The standard InChI is InChI=1S/C26H29ClN2O4S/c1-17(2)14-28(26(31)23-5-4-11-32-23)15-25(30)29-10-8-24-20(9-12-34-24)22(29)16-33-19-6-7-21(27)18(3)13-19/h4-7,9,11-13,17,22H,8,10,14-16H2,1-3H3/t22-/m1/s1. The van der Waals surface area contributed by atoms with Gasteiger partial charge in [0.05, 0.1) is 12.3 Å². The van der Waals surface area contributed by atoms with E-state index in [1.807, 2.05) is 43.9 Å². The Labute approximate surface area is 209 Å². The van der Waals surface area contributed by atoms with E-state index in [9.17, 15) is 9.59 Å². The molecule has 0 radical (unpaired) electrons. The van der Waals surface area contributed by atoms with Crippen molar-refractivity contribution in [3.05, 3.63) is 74.8 Å². The Morgan fingerprint density at radius 1 is 1.29 bits per heavy atom. The lowest BCUT2D eigenvalue weighted by molar-refractivity contribution is -0.135. The molecule has 0 fully saturated rings. The third-order valence-electron chi connectivity index (χ3n) is 5.88. The number of ether oxygens (including phenoxy) is 1. The maximum atomic E-state index is 13.5. The average Bonchev–Trinajstić information content (AvgIpc) is 3.50. The maximum absolute atomic E-state index is 13.5.